The van der Waals surface area contributed by atoms with Gasteiger partial charge in [0.25, 0.3) is 0 Å². The number of hydrogen-bond acceptors (Lipinski definition) is 3. The lowest BCUT2D eigenvalue weighted by molar-refractivity contribution is 0.173. The zero-order valence-electron chi connectivity index (χ0n) is 8.36. The molecule has 0 unspecified atom stereocenters. The van der Waals surface area contributed by atoms with E-state index in [-0.39, 0.29) is 5.46 Å². The fraction of sp³-hybridized carbons (Fsp3) is 0.400. The molecular formula is C10H13BFNO2. The lowest BCUT2D eigenvalue weighted by Crippen LogP contribution is -2.40. The monoisotopic (exact) mass is 209 g/mol. The van der Waals surface area contributed by atoms with Gasteiger partial charge in [0.15, 0.2) is 0 Å². The zero-order valence-corrected chi connectivity index (χ0v) is 8.36. The fourth-order valence-electron chi connectivity index (χ4n) is 1.73. The molecule has 0 amide bonds. The molecule has 80 valence electrons. The van der Waals surface area contributed by atoms with Gasteiger partial charge in [0.1, 0.15) is 5.82 Å². The van der Waals surface area contributed by atoms with Crippen molar-refractivity contribution in [3.63, 3.8) is 0 Å². The molecule has 1 heterocycles. The summed E-state index contributed by atoms with van der Waals surface area (Å²) in [6, 6.07) is 4.14. The van der Waals surface area contributed by atoms with Gasteiger partial charge in [0, 0.05) is 6.54 Å². The largest absolute Gasteiger partial charge is 0.488 e. The van der Waals surface area contributed by atoms with Crippen LogP contribution >= 0.6 is 0 Å². The van der Waals surface area contributed by atoms with Crippen LogP contribution in [0.15, 0.2) is 18.2 Å². The van der Waals surface area contributed by atoms with Crippen molar-refractivity contribution < 1.29 is 14.4 Å². The molecule has 0 aromatic heterocycles. The quantitative estimate of drug-likeness (QED) is 0.672. The Balaban J connectivity index is 2.20. The summed E-state index contributed by atoms with van der Waals surface area (Å²) in [6.45, 7) is 2.71. The molecule has 0 spiro atoms. The van der Waals surface area contributed by atoms with E-state index in [1.54, 1.807) is 6.07 Å². The summed E-state index contributed by atoms with van der Waals surface area (Å²) in [6.07, 6.45) is 1.18. The van der Waals surface area contributed by atoms with Gasteiger partial charge in [-0.1, -0.05) is 6.07 Å². The Morgan fingerprint density at radius 2 is 2.07 bits per heavy atom. The Labute approximate surface area is 88.3 Å². The third kappa shape index (κ3) is 2.37. The van der Waals surface area contributed by atoms with Crippen LogP contribution in [-0.4, -0.2) is 35.2 Å². The lowest BCUT2D eigenvalue weighted by atomic mass is 9.76. The van der Waals surface area contributed by atoms with Gasteiger partial charge in [0.05, 0.1) is 0 Å². The van der Waals surface area contributed by atoms with Gasteiger partial charge in [-0.05, 0) is 42.7 Å². The predicted molar refractivity (Wildman–Crippen MR) is 56.1 cm³/mol. The molecule has 0 aliphatic carbocycles. The number of nitrogens with zero attached hydrogens (tertiary/aromatic N) is 1. The van der Waals surface area contributed by atoms with E-state index in [1.807, 2.05) is 0 Å². The number of rotatable bonds is 3. The highest BCUT2D eigenvalue weighted by Gasteiger charge is 2.20. The molecule has 0 saturated carbocycles. The molecule has 1 saturated heterocycles. The van der Waals surface area contributed by atoms with E-state index < -0.39 is 12.9 Å². The molecule has 1 aliphatic rings. The minimum atomic E-state index is -1.60. The summed E-state index contributed by atoms with van der Waals surface area (Å²) in [5.41, 5.74) is 1.05. The maximum absolute atomic E-state index is 12.9. The highest BCUT2D eigenvalue weighted by molar-refractivity contribution is 6.59. The average Bonchev–Trinajstić information content (AvgIpc) is 2.12. The topological polar surface area (TPSA) is 43.7 Å². The maximum Gasteiger partial charge on any atom is 0.488 e. The van der Waals surface area contributed by atoms with Gasteiger partial charge in [-0.2, -0.15) is 0 Å². The van der Waals surface area contributed by atoms with Crippen molar-refractivity contribution in [1.29, 1.82) is 0 Å². The van der Waals surface area contributed by atoms with Crippen molar-refractivity contribution in [1.82, 2.24) is 4.90 Å². The standard InChI is InChI=1S/C10H13BFNO2/c12-9-3-2-8(7-13-4-1-5-13)10(6-9)11(14)15/h2-3,6,14-15H,1,4-5,7H2. The molecule has 1 aliphatic heterocycles. The first-order valence-corrected chi connectivity index (χ1v) is 5.03. The van der Waals surface area contributed by atoms with Crippen molar-refractivity contribution in [2.75, 3.05) is 13.1 Å². The normalized spacial score (nSPS) is 16.2. The van der Waals surface area contributed by atoms with E-state index >= 15 is 0 Å². The van der Waals surface area contributed by atoms with Crippen LogP contribution in [0.5, 0.6) is 0 Å². The smallest absolute Gasteiger partial charge is 0.423 e. The SMILES string of the molecule is OB(O)c1cc(F)ccc1CN1CCC1. The summed E-state index contributed by atoms with van der Waals surface area (Å²) in [7, 11) is -1.60. The Morgan fingerprint density at radius 3 is 2.60 bits per heavy atom. The van der Waals surface area contributed by atoms with Crippen LogP contribution in [0.3, 0.4) is 0 Å². The maximum atomic E-state index is 12.9. The van der Waals surface area contributed by atoms with E-state index in [0.29, 0.717) is 6.54 Å². The van der Waals surface area contributed by atoms with Crippen molar-refractivity contribution in [3.8, 4) is 0 Å². The first-order chi connectivity index (χ1) is 7.16. The van der Waals surface area contributed by atoms with E-state index in [1.165, 1.54) is 18.6 Å². The molecule has 0 radical (unpaired) electrons. The second kappa shape index (κ2) is 4.30. The predicted octanol–water partition coefficient (Wildman–Crippen LogP) is -0.289. The zero-order chi connectivity index (χ0) is 10.8. The van der Waals surface area contributed by atoms with Crippen LogP contribution in [0, 0.1) is 5.82 Å². The highest BCUT2D eigenvalue weighted by atomic mass is 19.1. The number of hydrogen-bond donors (Lipinski definition) is 2. The molecule has 3 nitrogen and oxygen atoms in total. The summed E-state index contributed by atoms with van der Waals surface area (Å²) in [4.78, 5) is 2.18. The minimum absolute atomic E-state index is 0.266. The van der Waals surface area contributed by atoms with Crippen LogP contribution in [0.2, 0.25) is 0 Å². The van der Waals surface area contributed by atoms with E-state index in [2.05, 4.69) is 4.90 Å². The summed E-state index contributed by atoms with van der Waals surface area (Å²) >= 11 is 0. The van der Waals surface area contributed by atoms with Gasteiger partial charge in [0.2, 0.25) is 0 Å². The highest BCUT2D eigenvalue weighted by Crippen LogP contribution is 2.11. The van der Waals surface area contributed by atoms with Gasteiger partial charge in [-0.15, -0.1) is 0 Å². The Bertz CT molecular complexity index is 355. The van der Waals surface area contributed by atoms with Crippen LogP contribution in [0.4, 0.5) is 4.39 Å². The van der Waals surface area contributed by atoms with Gasteiger partial charge in [-0.25, -0.2) is 4.39 Å². The van der Waals surface area contributed by atoms with Crippen molar-refractivity contribution in [3.05, 3.63) is 29.6 Å². The van der Waals surface area contributed by atoms with Crippen LogP contribution in [-0.2, 0) is 6.54 Å². The van der Waals surface area contributed by atoms with Crippen molar-refractivity contribution >= 4 is 12.6 Å². The molecule has 0 atom stereocenters. The average molecular weight is 209 g/mol. The molecule has 5 heteroatoms. The van der Waals surface area contributed by atoms with Crippen LogP contribution in [0.25, 0.3) is 0 Å². The summed E-state index contributed by atoms with van der Waals surface area (Å²) in [5.74, 6) is -0.439. The third-order valence-electron chi connectivity index (χ3n) is 2.73. The van der Waals surface area contributed by atoms with Crippen LogP contribution < -0.4 is 5.46 Å². The molecule has 15 heavy (non-hydrogen) atoms. The first-order valence-electron chi connectivity index (χ1n) is 5.03. The Morgan fingerprint density at radius 1 is 1.33 bits per heavy atom. The fourth-order valence-corrected chi connectivity index (χ4v) is 1.73. The number of likely N-dealkylation sites (tertiary alicyclic amines) is 1. The molecule has 2 N–H and O–H groups in total. The van der Waals surface area contributed by atoms with Crippen molar-refractivity contribution in [2.24, 2.45) is 0 Å². The lowest BCUT2D eigenvalue weighted by Gasteiger charge is -2.31. The molecule has 1 aromatic carbocycles. The second-order valence-electron chi connectivity index (χ2n) is 3.85. The first kappa shape index (κ1) is 10.6. The number of halogens is 1. The molecule has 1 fully saturated rings. The summed E-state index contributed by atoms with van der Waals surface area (Å²) in [5, 5.41) is 18.2. The molecule has 2 rings (SSSR count). The molecular weight excluding hydrogens is 196 g/mol. The Kier molecular flexibility index (Phi) is 3.04. The van der Waals surface area contributed by atoms with E-state index in [0.717, 1.165) is 18.7 Å². The van der Waals surface area contributed by atoms with Gasteiger partial charge >= 0.3 is 7.12 Å². The summed E-state index contributed by atoms with van der Waals surface area (Å²) < 4.78 is 12.9. The van der Waals surface area contributed by atoms with Crippen LogP contribution in [0.1, 0.15) is 12.0 Å². The van der Waals surface area contributed by atoms with Gasteiger partial charge < -0.3 is 10.0 Å². The number of benzene rings is 1. The van der Waals surface area contributed by atoms with E-state index in [4.69, 9.17) is 10.0 Å². The second-order valence-corrected chi connectivity index (χ2v) is 3.85. The molecule has 1 aromatic rings. The Hall–Kier alpha value is -0.905. The van der Waals surface area contributed by atoms with E-state index in [9.17, 15) is 4.39 Å². The molecule has 0 bridgehead atoms. The third-order valence-corrected chi connectivity index (χ3v) is 2.73. The minimum Gasteiger partial charge on any atom is -0.423 e. The van der Waals surface area contributed by atoms with Gasteiger partial charge in [-0.3, -0.25) is 4.90 Å². The van der Waals surface area contributed by atoms with Crippen molar-refractivity contribution in [2.45, 2.75) is 13.0 Å².